The number of unbranched alkanes of at least 4 members (excludes halogenated alkanes) is 1. The summed E-state index contributed by atoms with van der Waals surface area (Å²) in [5, 5.41) is 28.2. The quantitative estimate of drug-likeness (QED) is 0.135. The molecule has 0 aliphatic heterocycles. The van der Waals surface area contributed by atoms with E-state index in [0.717, 1.165) is 16.5 Å². The van der Waals surface area contributed by atoms with Crippen molar-refractivity contribution in [2.45, 2.75) is 83.1 Å². The number of nitrogens with one attached hydrogen (secondary N) is 4. The minimum atomic E-state index is -1.43. The van der Waals surface area contributed by atoms with Gasteiger partial charge in [0.05, 0.1) is 12.1 Å². The Hall–Kier alpha value is -3.48. The van der Waals surface area contributed by atoms with Gasteiger partial charge in [0.2, 0.25) is 17.7 Å². The maximum atomic E-state index is 13.3. The number of aliphatic hydroxyl groups is 1. The number of para-hydroxylation sites is 1. The van der Waals surface area contributed by atoms with Crippen molar-refractivity contribution >= 4 is 34.6 Å². The van der Waals surface area contributed by atoms with Gasteiger partial charge in [-0.25, -0.2) is 4.79 Å². The molecule has 0 aliphatic rings. The van der Waals surface area contributed by atoms with Crippen LogP contribution in [0.1, 0.15) is 52.0 Å². The van der Waals surface area contributed by atoms with E-state index in [0.29, 0.717) is 25.8 Å². The number of rotatable bonds is 16. The Morgan fingerprint density at radius 2 is 1.62 bits per heavy atom. The molecule has 0 bridgehead atoms. The molecule has 12 heteroatoms. The third kappa shape index (κ3) is 9.05. The molecule has 0 fully saturated rings. The molecule has 2 rings (SSSR count). The first-order valence-corrected chi connectivity index (χ1v) is 13.3. The zero-order valence-electron chi connectivity index (χ0n) is 22.8. The lowest BCUT2D eigenvalue weighted by atomic mass is 9.96. The lowest BCUT2D eigenvalue weighted by Crippen LogP contribution is -2.61. The highest BCUT2D eigenvalue weighted by Crippen LogP contribution is 2.19. The van der Waals surface area contributed by atoms with E-state index in [9.17, 15) is 29.4 Å². The molecule has 2 aromatic rings. The molecular weight excluding hydrogens is 504 g/mol. The van der Waals surface area contributed by atoms with Gasteiger partial charge in [-0.3, -0.25) is 14.4 Å². The smallest absolute Gasteiger partial charge is 0.326 e. The van der Waals surface area contributed by atoms with E-state index >= 15 is 0 Å². The van der Waals surface area contributed by atoms with Gasteiger partial charge in [0.15, 0.2) is 0 Å². The summed E-state index contributed by atoms with van der Waals surface area (Å²) >= 11 is 0. The number of carbonyl (C=O) groups is 4. The van der Waals surface area contributed by atoms with Crippen LogP contribution in [0.5, 0.6) is 0 Å². The Kier molecular flexibility index (Phi) is 12.4. The summed E-state index contributed by atoms with van der Waals surface area (Å²) in [5.41, 5.74) is 13.4. The summed E-state index contributed by atoms with van der Waals surface area (Å²) in [4.78, 5) is 53.9. The average molecular weight is 547 g/mol. The number of benzene rings is 1. The van der Waals surface area contributed by atoms with Crippen molar-refractivity contribution in [3.8, 4) is 0 Å². The molecule has 1 aromatic carbocycles. The molecule has 10 N–H and O–H groups in total. The van der Waals surface area contributed by atoms with Crippen molar-refractivity contribution in [3.05, 3.63) is 36.0 Å². The molecule has 0 saturated carbocycles. The Labute approximate surface area is 228 Å². The van der Waals surface area contributed by atoms with Crippen LogP contribution in [-0.4, -0.2) is 75.7 Å². The van der Waals surface area contributed by atoms with Gasteiger partial charge in [-0.1, -0.05) is 38.5 Å². The lowest BCUT2D eigenvalue weighted by Gasteiger charge is -2.29. The fourth-order valence-corrected chi connectivity index (χ4v) is 4.25. The summed E-state index contributed by atoms with van der Waals surface area (Å²) in [6, 6.07) is 3.02. The van der Waals surface area contributed by atoms with Crippen LogP contribution in [0.4, 0.5) is 0 Å². The number of H-pyrrole nitrogens is 1. The molecule has 1 aromatic heterocycles. The third-order valence-electron chi connectivity index (χ3n) is 6.87. The van der Waals surface area contributed by atoms with E-state index in [-0.39, 0.29) is 18.8 Å². The van der Waals surface area contributed by atoms with Crippen LogP contribution in [0.3, 0.4) is 0 Å². The van der Waals surface area contributed by atoms with Crippen LogP contribution in [0, 0.1) is 5.92 Å². The van der Waals surface area contributed by atoms with E-state index < -0.39 is 54.0 Å². The summed E-state index contributed by atoms with van der Waals surface area (Å²) in [5.74, 6) is -3.62. The second-order valence-corrected chi connectivity index (χ2v) is 9.95. The summed E-state index contributed by atoms with van der Waals surface area (Å²) in [6.07, 6.45) is 2.47. The summed E-state index contributed by atoms with van der Waals surface area (Å²) in [6.45, 7) is 5.31. The van der Waals surface area contributed by atoms with Gasteiger partial charge in [0, 0.05) is 17.1 Å². The number of nitrogens with two attached hydrogens (primary N) is 2. The molecule has 0 radical (unpaired) electrons. The minimum Gasteiger partial charge on any atom is -0.480 e. The molecule has 0 aliphatic carbocycles. The van der Waals surface area contributed by atoms with Crippen LogP contribution >= 0.6 is 0 Å². The van der Waals surface area contributed by atoms with Crippen LogP contribution in [-0.2, 0) is 25.6 Å². The monoisotopic (exact) mass is 546 g/mol. The number of aliphatic hydroxyl groups excluding tert-OH is 1. The van der Waals surface area contributed by atoms with Gasteiger partial charge in [0.1, 0.15) is 18.1 Å². The standard InChI is InChI=1S/C27H42N6O6/c1-4-15(2)22(32-24(35)19(29)13-17-14-30-20-10-6-5-9-18(17)20)25(36)33-23(16(3)34)26(37)31-21(27(38)39)11-7-8-12-28/h5-6,9-10,14-16,19,21-23,30,34H,4,7-8,11-13,28-29H2,1-3H3,(H,31,37)(H,32,35)(H,33,36)(H,38,39). The maximum Gasteiger partial charge on any atom is 0.326 e. The predicted octanol–water partition coefficient (Wildman–Crippen LogP) is 0.133. The first kappa shape index (κ1) is 31.7. The van der Waals surface area contributed by atoms with Crippen molar-refractivity contribution in [2.24, 2.45) is 17.4 Å². The molecule has 6 atom stereocenters. The molecule has 1 heterocycles. The normalized spacial score (nSPS) is 15.9. The van der Waals surface area contributed by atoms with Gasteiger partial charge in [-0.05, 0) is 56.7 Å². The highest BCUT2D eigenvalue weighted by molar-refractivity contribution is 5.94. The number of aliphatic carboxylic acids is 1. The number of hydrogen-bond acceptors (Lipinski definition) is 7. The molecule has 6 unspecified atom stereocenters. The van der Waals surface area contributed by atoms with Crippen molar-refractivity contribution < 1.29 is 29.4 Å². The summed E-state index contributed by atoms with van der Waals surface area (Å²) in [7, 11) is 0. The molecule has 0 saturated heterocycles. The predicted molar refractivity (Wildman–Crippen MR) is 147 cm³/mol. The number of hydrogen-bond donors (Lipinski definition) is 8. The second-order valence-electron chi connectivity index (χ2n) is 9.95. The zero-order chi connectivity index (χ0) is 29.1. The van der Waals surface area contributed by atoms with E-state index in [2.05, 4.69) is 20.9 Å². The number of carboxylic acid groups (broad SMARTS) is 1. The minimum absolute atomic E-state index is 0.151. The van der Waals surface area contributed by atoms with Crippen molar-refractivity contribution in [2.75, 3.05) is 6.54 Å². The van der Waals surface area contributed by atoms with Gasteiger partial charge in [-0.2, -0.15) is 0 Å². The molecular formula is C27H42N6O6. The van der Waals surface area contributed by atoms with Crippen molar-refractivity contribution in [1.82, 2.24) is 20.9 Å². The Morgan fingerprint density at radius 3 is 2.23 bits per heavy atom. The zero-order valence-corrected chi connectivity index (χ0v) is 22.8. The Morgan fingerprint density at radius 1 is 0.974 bits per heavy atom. The number of carboxylic acids is 1. The van der Waals surface area contributed by atoms with Crippen LogP contribution in [0.25, 0.3) is 10.9 Å². The van der Waals surface area contributed by atoms with Crippen molar-refractivity contribution in [1.29, 1.82) is 0 Å². The second kappa shape index (κ2) is 15.2. The van der Waals surface area contributed by atoms with Crippen LogP contribution in [0.15, 0.2) is 30.5 Å². The van der Waals surface area contributed by atoms with Crippen LogP contribution in [0.2, 0.25) is 0 Å². The number of fused-ring (bicyclic) bond motifs is 1. The molecule has 0 spiro atoms. The Bertz CT molecular complexity index is 1120. The van der Waals surface area contributed by atoms with E-state index in [1.54, 1.807) is 13.1 Å². The number of aromatic nitrogens is 1. The van der Waals surface area contributed by atoms with E-state index in [1.165, 1.54) is 6.92 Å². The van der Waals surface area contributed by atoms with Gasteiger partial charge in [0.25, 0.3) is 0 Å². The average Bonchev–Trinajstić information content (AvgIpc) is 3.31. The first-order chi connectivity index (χ1) is 18.5. The van der Waals surface area contributed by atoms with Crippen LogP contribution < -0.4 is 27.4 Å². The third-order valence-corrected chi connectivity index (χ3v) is 6.87. The van der Waals surface area contributed by atoms with Gasteiger partial charge < -0.3 is 42.6 Å². The SMILES string of the molecule is CCC(C)C(NC(=O)C(N)Cc1c[nH]c2ccccc12)C(=O)NC(C(=O)NC(CCCCN)C(=O)O)C(C)O. The van der Waals surface area contributed by atoms with Gasteiger partial charge in [-0.15, -0.1) is 0 Å². The molecule has 216 valence electrons. The van der Waals surface area contributed by atoms with Crippen molar-refractivity contribution in [3.63, 3.8) is 0 Å². The number of amides is 3. The molecule has 12 nitrogen and oxygen atoms in total. The highest BCUT2D eigenvalue weighted by Gasteiger charge is 2.34. The first-order valence-electron chi connectivity index (χ1n) is 13.3. The number of carbonyl (C=O) groups excluding carboxylic acids is 3. The van der Waals surface area contributed by atoms with E-state index in [4.69, 9.17) is 11.5 Å². The topological polar surface area (TPSA) is 213 Å². The largest absolute Gasteiger partial charge is 0.480 e. The summed E-state index contributed by atoms with van der Waals surface area (Å²) < 4.78 is 0. The Balaban J connectivity index is 2.10. The van der Waals surface area contributed by atoms with Gasteiger partial charge >= 0.3 is 5.97 Å². The fourth-order valence-electron chi connectivity index (χ4n) is 4.25. The number of aromatic amines is 1. The molecule has 3 amide bonds. The fraction of sp³-hybridized carbons (Fsp3) is 0.556. The lowest BCUT2D eigenvalue weighted by molar-refractivity contribution is -0.143. The highest BCUT2D eigenvalue weighted by atomic mass is 16.4. The maximum absolute atomic E-state index is 13.3. The van der Waals surface area contributed by atoms with E-state index in [1.807, 2.05) is 31.2 Å². The molecule has 39 heavy (non-hydrogen) atoms.